The van der Waals surface area contributed by atoms with E-state index in [1.54, 1.807) is 0 Å². The summed E-state index contributed by atoms with van der Waals surface area (Å²) in [6.45, 7) is 5.22. The van der Waals surface area contributed by atoms with Crippen LogP contribution in [0, 0.1) is 17.8 Å². The zero-order valence-electron chi connectivity index (χ0n) is 12.9. The van der Waals surface area contributed by atoms with Gasteiger partial charge in [-0.3, -0.25) is 4.79 Å². The van der Waals surface area contributed by atoms with Gasteiger partial charge in [0.25, 0.3) is 0 Å². The standard InChI is InChI=1S/C17H30N2O/c1-2-7-18-16-4-3-8-19(12-16)17(20)11-15-10-13-5-6-14(15)9-13/h13-16,18H,2-12H2,1H3. The highest BCUT2D eigenvalue weighted by atomic mass is 16.2. The fourth-order valence-electron chi connectivity index (χ4n) is 4.70. The van der Waals surface area contributed by atoms with E-state index in [0.29, 0.717) is 17.9 Å². The van der Waals surface area contributed by atoms with Crippen molar-refractivity contribution in [3.63, 3.8) is 0 Å². The molecule has 3 heteroatoms. The minimum atomic E-state index is 0.436. The van der Waals surface area contributed by atoms with Crippen molar-refractivity contribution in [2.75, 3.05) is 19.6 Å². The van der Waals surface area contributed by atoms with Crippen molar-refractivity contribution in [1.82, 2.24) is 10.2 Å². The Hall–Kier alpha value is -0.570. The van der Waals surface area contributed by atoms with Gasteiger partial charge in [-0.2, -0.15) is 0 Å². The van der Waals surface area contributed by atoms with E-state index in [1.807, 2.05) is 0 Å². The van der Waals surface area contributed by atoms with E-state index in [1.165, 1.54) is 44.9 Å². The summed E-state index contributed by atoms with van der Waals surface area (Å²) in [6.07, 6.45) is 9.99. The second-order valence-corrected chi connectivity index (χ2v) is 7.27. The third-order valence-corrected chi connectivity index (χ3v) is 5.78. The molecule has 114 valence electrons. The van der Waals surface area contributed by atoms with Gasteiger partial charge in [0.2, 0.25) is 5.91 Å². The second kappa shape index (κ2) is 6.46. The van der Waals surface area contributed by atoms with Gasteiger partial charge < -0.3 is 10.2 Å². The molecule has 2 aliphatic carbocycles. The number of rotatable bonds is 5. The molecule has 3 aliphatic rings. The Kier molecular flexibility index (Phi) is 4.65. The molecule has 3 fully saturated rings. The van der Waals surface area contributed by atoms with Crippen molar-refractivity contribution < 1.29 is 4.79 Å². The smallest absolute Gasteiger partial charge is 0.222 e. The topological polar surface area (TPSA) is 32.3 Å². The highest BCUT2D eigenvalue weighted by molar-refractivity contribution is 5.76. The monoisotopic (exact) mass is 278 g/mol. The molecular formula is C17H30N2O. The third-order valence-electron chi connectivity index (χ3n) is 5.78. The molecule has 3 nitrogen and oxygen atoms in total. The summed E-state index contributed by atoms with van der Waals surface area (Å²) in [5.41, 5.74) is 0. The van der Waals surface area contributed by atoms with E-state index in [9.17, 15) is 4.79 Å². The van der Waals surface area contributed by atoms with Crippen molar-refractivity contribution in [2.45, 2.75) is 64.3 Å². The Bertz CT molecular complexity index is 344. The van der Waals surface area contributed by atoms with Crippen molar-refractivity contribution in [2.24, 2.45) is 17.8 Å². The van der Waals surface area contributed by atoms with E-state index in [0.717, 1.165) is 37.9 Å². The molecule has 1 heterocycles. The van der Waals surface area contributed by atoms with Crippen LogP contribution in [0.2, 0.25) is 0 Å². The van der Waals surface area contributed by atoms with E-state index < -0.39 is 0 Å². The van der Waals surface area contributed by atoms with Gasteiger partial charge in [0.05, 0.1) is 0 Å². The number of fused-ring (bicyclic) bond motifs is 2. The first-order valence-electron chi connectivity index (χ1n) is 8.77. The molecule has 0 aromatic carbocycles. The number of hydrogen-bond donors (Lipinski definition) is 1. The fourth-order valence-corrected chi connectivity index (χ4v) is 4.70. The number of nitrogens with zero attached hydrogens (tertiary/aromatic N) is 1. The van der Waals surface area contributed by atoms with Gasteiger partial charge in [0, 0.05) is 25.6 Å². The van der Waals surface area contributed by atoms with Gasteiger partial charge >= 0.3 is 0 Å². The van der Waals surface area contributed by atoms with Crippen LogP contribution in [0.5, 0.6) is 0 Å². The number of piperidine rings is 1. The number of carbonyl (C=O) groups is 1. The van der Waals surface area contributed by atoms with Gasteiger partial charge in [-0.05, 0) is 62.8 Å². The Morgan fingerprint density at radius 2 is 2.15 bits per heavy atom. The number of hydrogen-bond acceptors (Lipinski definition) is 2. The first-order valence-corrected chi connectivity index (χ1v) is 8.77. The zero-order chi connectivity index (χ0) is 13.9. The van der Waals surface area contributed by atoms with Crippen LogP contribution in [0.1, 0.15) is 58.3 Å². The van der Waals surface area contributed by atoms with Crippen molar-refractivity contribution in [3.8, 4) is 0 Å². The highest BCUT2D eigenvalue weighted by Crippen LogP contribution is 2.49. The van der Waals surface area contributed by atoms with Crippen LogP contribution in [-0.2, 0) is 4.79 Å². The van der Waals surface area contributed by atoms with Gasteiger partial charge in [-0.15, -0.1) is 0 Å². The lowest BCUT2D eigenvalue weighted by molar-refractivity contribution is -0.134. The van der Waals surface area contributed by atoms with Gasteiger partial charge in [0.15, 0.2) is 0 Å². The molecule has 1 N–H and O–H groups in total. The summed E-state index contributed by atoms with van der Waals surface area (Å²) >= 11 is 0. The SMILES string of the molecule is CCCNC1CCCN(C(=O)CC2CC3CCC2C3)C1. The average Bonchev–Trinajstić information content (AvgIpc) is 3.08. The van der Waals surface area contributed by atoms with Crippen LogP contribution in [0.4, 0.5) is 0 Å². The number of amides is 1. The minimum absolute atomic E-state index is 0.436. The second-order valence-electron chi connectivity index (χ2n) is 7.27. The van der Waals surface area contributed by atoms with E-state index in [4.69, 9.17) is 0 Å². The largest absolute Gasteiger partial charge is 0.341 e. The van der Waals surface area contributed by atoms with Crippen LogP contribution in [-0.4, -0.2) is 36.5 Å². The Balaban J connectivity index is 1.47. The quantitative estimate of drug-likeness (QED) is 0.838. The molecule has 4 unspecified atom stereocenters. The van der Waals surface area contributed by atoms with Crippen LogP contribution >= 0.6 is 0 Å². The van der Waals surface area contributed by atoms with E-state index in [-0.39, 0.29) is 0 Å². The van der Waals surface area contributed by atoms with Gasteiger partial charge in [-0.1, -0.05) is 13.3 Å². The summed E-state index contributed by atoms with van der Waals surface area (Å²) in [5.74, 6) is 2.98. The molecule has 1 aliphatic heterocycles. The molecular weight excluding hydrogens is 248 g/mol. The molecule has 0 spiro atoms. The fraction of sp³-hybridized carbons (Fsp3) is 0.941. The number of nitrogens with one attached hydrogen (secondary N) is 1. The molecule has 4 atom stereocenters. The predicted molar refractivity (Wildman–Crippen MR) is 81.5 cm³/mol. The Morgan fingerprint density at radius 1 is 1.25 bits per heavy atom. The minimum Gasteiger partial charge on any atom is -0.341 e. The number of likely N-dealkylation sites (tertiary alicyclic amines) is 1. The molecule has 0 radical (unpaired) electrons. The molecule has 3 rings (SSSR count). The Labute approximate surface area is 123 Å². The lowest BCUT2D eigenvalue weighted by Gasteiger charge is -2.34. The molecule has 2 saturated carbocycles. The van der Waals surface area contributed by atoms with Crippen LogP contribution < -0.4 is 5.32 Å². The maximum absolute atomic E-state index is 12.5. The summed E-state index contributed by atoms with van der Waals surface area (Å²) in [7, 11) is 0. The van der Waals surface area contributed by atoms with Crippen LogP contribution in [0.15, 0.2) is 0 Å². The van der Waals surface area contributed by atoms with Crippen molar-refractivity contribution in [3.05, 3.63) is 0 Å². The van der Waals surface area contributed by atoms with Crippen molar-refractivity contribution >= 4 is 5.91 Å². The molecule has 0 aromatic heterocycles. The van der Waals surface area contributed by atoms with Crippen molar-refractivity contribution in [1.29, 1.82) is 0 Å². The molecule has 1 amide bonds. The van der Waals surface area contributed by atoms with Gasteiger partial charge in [0.1, 0.15) is 0 Å². The first kappa shape index (κ1) is 14.4. The van der Waals surface area contributed by atoms with Crippen LogP contribution in [0.25, 0.3) is 0 Å². The predicted octanol–water partition coefficient (Wildman–Crippen LogP) is 2.80. The summed E-state index contributed by atoms with van der Waals surface area (Å²) < 4.78 is 0. The molecule has 20 heavy (non-hydrogen) atoms. The normalized spacial score (nSPS) is 36.5. The maximum Gasteiger partial charge on any atom is 0.222 e. The highest BCUT2D eigenvalue weighted by Gasteiger charge is 2.40. The van der Waals surface area contributed by atoms with Crippen LogP contribution in [0.3, 0.4) is 0 Å². The lowest BCUT2D eigenvalue weighted by atomic mass is 9.86. The summed E-state index contributed by atoms with van der Waals surface area (Å²) in [4.78, 5) is 14.7. The van der Waals surface area contributed by atoms with E-state index in [2.05, 4.69) is 17.1 Å². The zero-order valence-corrected chi connectivity index (χ0v) is 12.9. The third kappa shape index (κ3) is 3.19. The molecule has 2 bridgehead atoms. The summed E-state index contributed by atoms with van der Waals surface area (Å²) in [6, 6.07) is 0.535. The summed E-state index contributed by atoms with van der Waals surface area (Å²) in [5, 5.41) is 3.58. The lowest BCUT2D eigenvalue weighted by Crippen LogP contribution is -2.48. The molecule has 0 aromatic rings. The Morgan fingerprint density at radius 3 is 2.85 bits per heavy atom. The van der Waals surface area contributed by atoms with E-state index >= 15 is 0 Å². The number of carbonyl (C=O) groups excluding carboxylic acids is 1. The van der Waals surface area contributed by atoms with Gasteiger partial charge in [-0.25, -0.2) is 0 Å². The average molecular weight is 278 g/mol. The molecule has 1 saturated heterocycles. The maximum atomic E-state index is 12.5. The first-order chi connectivity index (χ1) is 9.76.